The van der Waals surface area contributed by atoms with Crippen LogP contribution in [0.3, 0.4) is 0 Å². The van der Waals surface area contributed by atoms with Gasteiger partial charge in [0.15, 0.2) is 21.3 Å². The smallest absolute Gasteiger partial charge is 0.243 e. The van der Waals surface area contributed by atoms with Crippen LogP contribution in [0.15, 0.2) is 52.3 Å². The summed E-state index contributed by atoms with van der Waals surface area (Å²) in [5, 5.41) is -0.866. The van der Waals surface area contributed by atoms with E-state index in [0.29, 0.717) is 24.7 Å². The monoisotopic (exact) mass is 413 g/mol. The first-order chi connectivity index (χ1) is 12.8. The summed E-state index contributed by atoms with van der Waals surface area (Å²) in [4.78, 5) is -0.00495. The molecular formula is C17H16FNO6S2. The Morgan fingerprint density at radius 1 is 0.852 bits per heavy atom. The van der Waals surface area contributed by atoms with Crippen LogP contribution >= 0.6 is 0 Å². The lowest BCUT2D eigenvalue weighted by Gasteiger charge is -2.37. The molecule has 0 spiro atoms. The maximum Gasteiger partial charge on any atom is 0.243 e. The van der Waals surface area contributed by atoms with E-state index in [1.54, 1.807) is 0 Å². The highest BCUT2D eigenvalue weighted by Crippen LogP contribution is 2.35. The van der Waals surface area contributed by atoms with Gasteiger partial charge in [-0.05, 0) is 36.4 Å². The summed E-state index contributed by atoms with van der Waals surface area (Å²) in [6, 6.07) is 8.81. The van der Waals surface area contributed by atoms with Crippen molar-refractivity contribution in [3.05, 3.63) is 48.3 Å². The minimum atomic E-state index is -3.84. The molecule has 4 rings (SSSR count). The third-order valence-corrected chi connectivity index (χ3v) is 8.48. The van der Waals surface area contributed by atoms with Crippen molar-refractivity contribution in [3.63, 3.8) is 0 Å². The van der Waals surface area contributed by atoms with Crippen LogP contribution in [0.4, 0.5) is 4.39 Å². The molecule has 0 amide bonds. The fourth-order valence-corrected chi connectivity index (χ4v) is 6.33. The van der Waals surface area contributed by atoms with E-state index in [0.717, 1.165) is 16.4 Å². The van der Waals surface area contributed by atoms with Crippen LogP contribution in [-0.4, -0.2) is 52.7 Å². The number of rotatable bonds is 4. The van der Waals surface area contributed by atoms with E-state index in [4.69, 9.17) is 9.47 Å². The molecule has 2 aliphatic heterocycles. The first kappa shape index (κ1) is 18.2. The maximum atomic E-state index is 13.0. The number of sulfonamides is 1. The number of benzene rings is 2. The molecule has 2 aromatic carbocycles. The van der Waals surface area contributed by atoms with Gasteiger partial charge in [0.2, 0.25) is 10.0 Å². The van der Waals surface area contributed by atoms with E-state index >= 15 is 0 Å². The van der Waals surface area contributed by atoms with Gasteiger partial charge in [0.1, 0.15) is 19.0 Å². The fraction of sp³-hybridized carbons (Fsp3) is 0.294. The van der Waals surface area contributed by atoms with Crippen molar-refractivity contribution in [2.24, 2.45) is 0 Å². The average Bonchev–Trinajstić information content (AvgIpc) is 2.60. The molecule has 0 bridgehead atoms. The Morgan fingerprint density at radius 3 is 2.11 bits per heavy atom. The van der Waals surface area contributed by atoms with Gasteiger partial charge < -0.3 is 9.47 Å². The van der Waals surface area contributed by atoms with Crippen molar-refractivity contribution in [2.45, 2.75) is 15.0 Å². The van der Waals surface area contributed by atoms with Gasteiger partial charge in [0, 0.05) is 19.2 Å². The SMILES string of the molecule is O=S(=O)(c1ccc(F)cc1)C1CN(S(=O)(=O)c2ccc3c(c2)OCCO3)C1. The average molecular weight is 413 g/mol. The first-order valence-electron chi connectivity index (χ1n) is 8.18. The number of hydrogen-bond acceptors (Lipinski definition) is 6. The summed E-state index contributed by atoms with van der Waals surface area (Å²) in [6.45, 7) is 0.416. The number of sulfone groups is 1. The predicted octanol–water partition coefficient (Wildman–Crippen LogP) is 1.44. The van der Waals surface area contributed by atoms with E-state index in [1.807, 2.05) is 0 Å². The topological polar surface area (TPSA) is 90.0 Å². The van der Waals surface area contributed by atoms with Crippen LogP contribution in [0.5, 0.6) is 11.5 Å². The maximum absolute atomic E-state index is 13.0. The van der Waals surface area contributed by atoms with Gasteiger partial charge in [-0.3, -0.25) is 0 Å². The Bertz CT molecular complexity index is 1080. The molecule has 1 saturated heterocycles. The molecule has 2 aromatic rings. The Balaban J connectivity index is 1.52. The van der Waals surface area contributed by atoms with Gasteiger partial charge in [-0.25, -0.2) is 21.2 Å². The minimum Gasteiger partial charge on any atom is -0.486 e. The van der Waals surface area contributed by atoms with Crippen molar-refractivity contribution in [2.75, 3.05) is 26.3 Å². The Labute approximate surface area is 156 Å². The van der Waals surface area contributed by atoms with Crippen molar-refractivity contribution in [1.29, 1.82) is 0 Å². The summed E-state index contributed by atoms with van der Waals surface area (Å²) < 4.78 is 75.4. The highest BCUT2D eigenvalue weighted by Gasteiger charge is 2.44. The van der Waals surface area contributed by atoms with E-state index in [1.165, 1.54) is 30.3 Å². The van der Waals surface area contributed by atoms with Gasteiger partial charge in [0.05, 0.1) is 15.0 Å². The summed E-state index contributed by atoms with van der Waals surface area (Å²) in [5.74, 6) is 0.282. The predicted molar refractivity (Wildman–Crippen MR) is 93.6 cm³/mol. The van der Waals surface area contributed by atoms with Gasteiger partial charge in [-0.2, -0.15) is 4.31 Å². The van der Waals surface area contributed by atoms with Crippen molar-refractivity contribution < 1.29 is 30.7 Å². The van der Waals surface area contributed by atoms with Crippen molar-refractivity contribution in [1.82, 2.24) is 4.31 Å². The molecule has 0 radical (unpaired) electrons. The molecule has 0 unspecified atom stereocenters. The van der Waals surface area contributed by atoms with Gasteiger partial charge in [0.25, 0.3) is 0 Å². The lowest BCUT2D eigenvalue weighted by atomic mass is 10.3. The molecule has 0 atom stereocenters. The van der Waals surface area contributed by atoms with Crippen LogP contribution in [-0.2, 0) is 19.9 Å². The van der Waals surface area contributed by atoms with Crippen LogP contribution < -0.4 is 9.47 Å². The van der Waals surface area contributed by atoms with Crippen molar-refractivity contribution in [3.8, 4) is 11.5 Å². The van der Waals surface area contributed by atoms with E-state index in [9.17, 15) is 21.2 Å². The molecule has 7 nitrogen and oxygen atoms in total. The highest BCUT2D eigenvalue weighted by molar-refractivity contribution is 7.92. The summed E-state index contributed by atoms with van der Waals surface area (Å²) in [7, 11) is -7.57. The quantitative estimate of drug-likeness (QED) is 0.705. The Kier molecular flexibility index (Phi) is 4.36. The zero-order valence-electron chi connectivity index (χ0n) is 14.0. The number of hydrogen-bond donors (Lipinski definition) is 0. The molecule has 0 aromatic heterocycles. The fourth-order valence-electron chi connectivity index (χ4n) is 2.94. The van der Waals surface area contributed by atoms with Gasteiger partial charge in [-0.15, -0.1) is 0 Å². The highest BCUT2D eigenvalue weighted by atomic mass is 32.2. The summed E-state index contributed by atoms with van der Waals surface area (Å²) >= 11 is 0. The lowest BCUT2D eigenvalue weighted by molar-refractivity contribution is 0.171. The molecule has 144 valence electrons. The third kappa shape index (κ3) is 3.17. The van der Waals surface area contributed by atoms with Crippen LogP contribution in [0, 0.1) is 5.82 Å². The van der Waals surface area contributed by atoms with E-state index in [2.05, 4.69) is 0 Å². The molecular weight excluding hydrogens is 397 g/mol. The summed E-state index contributed by atoms with van der Waals surface area (Å²) in [5.41, 5.74) is 0. The molecule has 2 heterocycles. The van der Waals surface area contributed by atoms with Crippen LogP contribution in [0.25, 0.3) is 0 Å². The molecule has 10 heteroatoms. The first-order valence-corrected chi connectivity index (χ1v) is 11.2. The number of fused-ring (bicyclic) bond motifs is 1. The van der Waals surface area contributed by atoms with E-state index in [-0.39, 0.29) is 22.9 Å². The van der Waals surface area contributed by atoms with Crippen LogP contribution in [0.2, 0.25) is 0 Å². The number of halogens is 1. The third-order valence-electron chi connectivity index (χ3n) is 4.55. The zero-order valence-corrected chi connectivity index (χ0v) is 15.7. The minimum absolute atomic E-state index is 0.0179. The molecule has 27 heavy (non-hydrogen) atoms. The normalized spacial score (nSPS) is 18.1. The second-order valence-electron chi connectivity index (χ2n) is 6.25. The second-order valence-corrected chi connectivity index (χ2v) is 10.4. The van der Waals surface area contributed by atoms with Gasteiger partial charge in [-0.1, -0.05) is 0 Å². The molecule has 1 fully saturated rings. The Morgan fingerprint density at radius 2 is 1.44 bits per heavy atom. The number of nitrogens with zero attached hydrogens (tertiary/aromatic N) is 1. The Hall–Kier alpha value is -2.17. The lowest BCUT2D eigenvalue weighted by Crippen LogP contribution is -2.56. The van der Waals surface area contributed by atoms with Gasteiger partial charge >= 0.3 is 0 Å². The van der Waals surface area contributed by atoms with E-state index < -0.39 is 30.9 Å². The number of ether oxygens (including phenoxy) is 2. The molecule has 0 N–H and O–H groups in total. The second kappa shape index (κ2) is 6.47. The summed E-state index contributed by atoms with van der Waals surface area (Å²) in [6.07, 6.45) is 0. The largest absolute Gasteiger partial charge is 0.486 e. The van der Waals surface area contributed by atoms with Crippen LogP contribution in [0.1, 0.15) is 0 Å². The zero-order chi connectivity index (χ0) is 19.2. The van der Waals surface area contributed by atoms with Crippen molar-refractivity contribution >= 4 is 19.9 Å². The molecule has 0 saturated carbocycles. The molecule has 2 aliphatic rings. The molecule has 0 aliphatic carbocycles. The standard InChI is InChI=1S/C17H16FNO6S2/c18-12-1-3-13(4-2-12)26(20,21)15-10-19(11-15)27(22,23)14-5-6-16-17(9-14)25-8-7-24-16/h1-6,9,15H,7-8,10-11H2.